The first kappa shape index (κ1) is 25.1. The van der Waals surface area contributed by atoms with E-state index in [-0.39, 0.29) is 5.97 Å². The van der Waals surface area contributed by atoms with Gasteiger partial charge >= 0.3 is 5.97 Å². The van der Waals surface area contributed by atoms with Crippen LogP contribution in [0.4, 0.5) is 0 Å². The fourth-order valence-electron chi connectivity index (χ4n) is 2.08. The van der Waals surface area contributed by atoms with E-state index >= 15 is 0 Å². The van der Waals surface area contributed by atoms with E-state index in [1.807, 2.05) is 0 Å². The van der Waals surface area contributed by atoms with Crippen LogP contribution in [0.5, 0.6) is 0 Å². The molecule has 0 spiro atoms. The molecule has 5 heteroatoms. The molecule has 0 rings (SSSR count). The van der Waals surface area contributed by atoms with E-state index in [1.54, 1.807) is 0 Å². The molecule has 0 unspecified atom stereocenters. The van der Waals surface area contributed by atoms with Crippen LogP contribution in [-0.2, 0) is 9.53 Å². The van der Waals surface area contributed by atoms with Crippen molar-refractivity contribution in [2.24, 2.45) is 0 Å². The van der Waals surface area contributed by atoms with Crippen molar-refractivity contribution in [1.29, 1.82) is 0 Å². The van der Waals surface area contributed by atoms with Crippen molar-refractivity contribution in [3.05, 3.63) is 36.5 Å². The summed E-state index contributed by atoms with van der Waals surface area (Å²) >= 11 is 9.40. The maximum Gasteiger partial charge on any atom is 0.344 e. The van der Waals surface area contributed by atoms with Crippen LogP contribution in [0.1, 0.15) is 71.1 Å². The van der Waals surface area contributed by atoms with Crippen LogP contribution in [0.15, 0.2) is 36.5 Å². The highest BCUT2D eigenvalue weighted by Crippen LogP contribution is 2.34. The minimum absolute atomic E-state index is 0.352. The quantitative estimate of drug-likeness (QED) is 0.0963. The van der Waals surface area contributed by atoms with E-state index in [0.717, 1.165) is 38.5 Å². The number of rotatable bonds is 14. The molecule has 0 atom stereocenters. The maximum absolute atomic E-state index is 11.4. The van der Waals surface area contributed by atoms with Crippen molar-refractivity contribution >= 4 is 53.8 Å². The van der Waals surface area contributed by atoms with Crippen molar-refractivity contribution in [1.82, 2.24) is 0 Å². The summed E-state index contributed by atoms with van der Waals surface area (Å²) in [5, 5.41) is 0. The van der Waals surface area contributed by atoms with Gasteiger partial charge in [0.2, 0.25) is 2.14 Å². The Morgan fingerprint density at radius 2 is 1.32 bits per heavy atom. The molecule has 0 radical (unpaired) electrons. The van der Waals surface area contributed by atoms with E-state index in [0.29, 0.717) is 6.61 Å². The zero-order chi connectivity index (χ0) is 18.8. The van der Waals surface area contributed by atoms with Gasteiger partial charge in [-0.15, -0.1) is 0 Å². The molecule has 144 valence electrons. The molecule has 0 bridgehead atoms. The van der Waals surface area contributed by atoms with Crippen LogP contribution >= 0.6 is 47.8 Å². The van der Waals surface area contributed by atoms with Crippen molar-refractivity contribution in [3.63, 3.8) is 0 Å². The third kappa shape index (κ3) is 18.7. The van der Waals surface area contributed by atoms with Gasteiger partial charge in [-0.05, 0) is 99.2 Å². The normalized spacial score (nSPS) is 12.6. The zero-order valence-electron chi connectivity index (χ0n) is 15.2. The Bertz CT molecular complexity index is 410. The van der Waals surface area contributed by atoms with Crippen LogP contribution in [0.3, 0.4) is 0 Å². The van der Waals surface area contributed by atoms with Crippen molar-refractivity contribution in [2.75, 3.05) is 6.61 Å². The summed E-state index contributed by atoms with van der Waals surface area (Å²) in [4.78, 5) is 11.4. The molecule has 0 saturated carbocycles. The van der Waals surface area contributed by atoms with Gasteiger partial charge in [0.05, 0.1) is 6.61 Å². The summed E-state index contributed by atoms with van der Waals surface area (Å²) < 4.78 is 4.16. The number of halogens is 3. The number of hydrogen-bond donors (Lipinski definition) is 0. The fraction of sp³-hybridized carbons (Fsp3) is 0.650. The minimum atomic E-state index is -0.950. The number of allylic oxidation sites excluding steroid dienone is 6. The van der Waals surface area contributed by atoms with Gasteiger partial charge in [-0.1, -0.05) is 56.2 Å². The fourth-order valence-corrected chi connectivity index (χ4v) is 2.42. The number of carbonyl (C=O) groups is 1. The lowest BCUT2D eigenvalue weighted by molar-refractivity contribution is -0.141. The molecule has 0 heterocycles. The smallest absolute Gasteiger partial charge is 0.344 e. The molecule has 2 nitrogen and oxygen atoms in total. The molecule has 0 aliphatic carbocycles. The first-order valence-corrected chi connectivity index (χ1v) is 11.5. The standard InChI is InChI=1S/C20H31Br3O2/c1-2-3-4-5-6-7-8-9-10-11-12-13-14-15-16-17-18-25-19(24)20(21,22)23/h6-7,9-10,12-13H,2-5,8,11,14-18H2,1H3/b7-6+,10-9+,13-12+. The lowest BCUT2D eigenvalue weighted by Gasteiger charge is -2.11. The predicted octanol–water partition coefficient (Wildman–Crippen LogP) is 7.96. The Morgan fingerprint density at radius 1 is 0.800 bits per heavy atom. The monoisotopic (exact) mass is 540 g/mol. The number of alkyl halides is 3. The molecular weight excluding hydrogens is 512 g/mol. The zero-order valence-corrected chi connectivity index (χ0v) is 20.0. The second kappa shape index (κ2) is 17.5. The average Bonchev–Trinajstić information content (AvgIpc) is 2.56. The second-order valence-corrected chi connectivity index (χ2v) is 12.6. The van der Waals surface area contributed by atoms with Crippen molar-refractivity contribution in [2.45, 2.75) is 73.3 Å². The van der Waals surface area contributed by atoms with Gasteiger partial charge in [0.15, 0.2) is 0 Å². The third-order valence-electron chi connectivity index (χ3n) is 3.50. The van der Waals surface area contributed by atoms with E-state index in [9.17, 15) is 4.79 Å². The number of carbonyl (C=O) groups excluding carboxylic acids is 1. The molecule has 0 aromatic rings. The average molecular weight is 543 g/mol. The summed E-state index contributed by atoms with van der Waals surface area (Å²) in [5.41, 5.74) is 0. The third-order valence-corrected chi connectivity index (χ3v) is 4.47. The van der Waals surface area contributed by atoms with Crippen LogP contribution in [0, 0.1) is 0 Å². The Balaban J connectivity index is 3.41. The molecule has 0 aromatic carbocycles. The van der Waals surface area contributed by atoms with E-state index in [4.69, 9.17) is 4.74 Å². The van der Waals surface area contributed by atoms with Crippen molar-refractivity contribution < 1.29 is 9.53 Å². The van der Waals surface area contributed by atoms with Gasteiger partial charge in [0.1, 0.15) is 0 Å². The molecule has 0 aromatic heterocycles. The number of hydrogen-bond acceptors (Lipinski definition) is 2. The van der Waals surface area contributed by atoms with Gasteiger partial charge in [0.25, 0.3) is 0 Å². The summed E-state index contributed by atoms with van der Waals surface area (Å²) in [6, 6.07) is 0. The largest absolute Gasteiger partial charge is 0.463 e. The molecule has 0 amide bonds. The Labute approximate surface area is 178 Å². The number of ether oxygens (including phenoxy) is 1. The first-order chi connectivity index (χ1) is 12.0. The second-order valence-electron chi connectivity index (χ2n) is 5.86. The summed E-state index contributed by atoms with van der Waals surface area (Å²) in [6.07, 6.45) is 24.8. The Morgan fingerprint density at radius 3 is 1.84 bits per heavy atom. The lowest BCUT2D eigenvalue weighted by Crippen LogP contribution is -2.20. The predicted molar refractivity (Wildman–Crippen MR) is 120 cm³/mol. The summed E-state index contributed by atoms with van der Waals surface area (Å²) in [7, 11) is 0. The topological polar surface area (TPSA) is 26.3 Å². The Kier molecular flexibility index (Phi) is 17.6. The van der Waals surface area contributed by atoms with E-state index < -0.39 is 2.14 Å². The molecule has 0 aliphatic rings. The van der Waals surface area contributed by atoms with E-state index in [1.165, 1.54) is 25.7 Å². The number of unbranched alkanes of at least 4 members (excludes halogenated alkanes) is 6. The van der Waals surface area contributed by atoms with Crippen molar-refractivity contribution in [3.8, 4) is 0 Å². The molecule has 0 fully saturated rings. The molecular formula is C20H31Br3O2. The Hall–Kier alpha value is 0.130. The maximum atomic E-state index is 11.4. The molecule has 0 aliphatic heterocycles. The van der Waals surface area contributed by atoms with Gasteiger partial charge in [0, 0.05) is 0 Å². The minimum Gasteiger partial charge on any atom is -0.463 e. The lowest BCUT2D eigenvalue weighted by atomic mass is 10.2. The van der Waals surface area contributed by atoms with Crippen LogP contribution in [-0.4, -0.2) is 14.7 Å². The summed E-state index contributed by atoms with van der Waals surface area (Å²) in [5.74, 6) is -0.352. The number of esters is 1. The van der Waals surface area contributed by atoms with Gasteiger partial charge in [-0.25, -0.2) is 4.79 Å². The van der Waals surface area contributed by atoms with Gasteiger partial charge < -0.3 is 4.74 Å². The molecule has 25 heavy (non-hydrogen) atoms. The molecule has 0 N–H and O–H groups in total. The highest BCUT2D eigenvalue weighted by atomic mass is 80.0. The van der Waals surface area contributed by atoms with Crippen LogP contribution in [0.2, 0.25) is 0 Å². The highest BCUT2D eigenvalue weighted by molar-refractivity contribution is 9.40. The van der Waals surface area contributed by atoms with Gasteiger partial charge in [-0.3, -0.25) is 0 Å². The SMILES string of the molecule is CCCCC/C=C/C/C=C/C/C=C/CCCCCOC(=O)C(Br)(Br)Br. The van der Waals surface area contributed by atoms with E-state index in [2.05, 4.69) is 91.2 Å². The van der Waals surface area contributed by atoms with Crippen LogP contribution < -0.4 is 0 Å². The first-order valence-electron chi connectivity index (χ1n) is 9.17. The highest BCUT2D eigenvalue weighted by Gasteiger charge is 2.30. The summed E-state index contributed by atoms with van der Waals surface area (Å²) in [6.45, 7) is 2.70. The van der Waals surface area contributed by atoms with Crippen LogP contribution in [0.25, 0.3) is 0 Å². The molecule has 0 saturated heterocycles. The van der Waals surface area contributed by atoms with Gasteiger partial charge in [-0.2, -0.15) is 0 Å².